The second-order valence-corrected chi connectivity index (χ2v) is 6.29. The van der Waals surface area contributed by atoms with Crippen LogP contribution in [-0.4, -0.2) is 46.4 Å². The van der Waals surface area contributed by atoms with Crippen LogP contribution in [0.3, 0.4) is 0 Å². The van der Waals surface area contributed by atoms with Gasteiger partial charge in [0.2, 0.25) is 5.91 Å². The van der Waals surface area contributed by atoms with Crippen LogP contribution in [0.15, 0.2) is 48.7 Å². The normalized spacial score (nSPS) is 14.0. The smallest absolute Gasteiger partial charge is 0.320 e. The molecule has 0 aliphatic carbocycles. The van der Waals surface area contributed by atoms with E-state index in [1.807, 2.05) is 30.3 Å². The van der Waals surface area contributed by atoms with Gasteiger partial charge in [-0.1, -0.05) is 29.8 Å². The van der Waals surface area contributed by atoms with E-state index in [2.05, 4.69) is 10.3 Å². The van der Waals surface area contributed by atoms with Gasteiger partial charge in [-0.15, -0.1) is 0 Å². The molecule has 0 saturated carbocycles. The largest absolute Gasteiger partial charge is 0.349 e. The lowest BCUT2D eigenvalue weighted by atomic mass is 10.2. The molecule has 1 aliphatic rings. The molecular weight excluding hydrogens is 340 g/mol. The van der Waals surface area contributed by atoms with Gasteiger partial charge in [0.25, 0.3) is 0 Å². The fourth-order valence-corrected chi connectivity index (χ4v) is 2.78. The van der Waals surface area contributed by atoms with E-state index in [1.165, 1.54) is 0 Å². The van der Waals surface area contributed by atoms with Crippen LogP contribution < -0.4 is 5.32 Å². The molecule has 0 unspecified atom stereocenters. The molecule has 3 rings (SSSR count). The highest BCUT2D eigenvalue weighted by molar-refractivity contribution is 6.30. The Kier molecular flexibility index (Phi) is 5.50. The van der Waals surface area contributed by atoms with Crippen LogP contribution >= 0.6 is 11.6 Å². The predicted molar refractivity (Wildman–Crippen MR) is 94.9 cm³/mol. The van der Waals surface area contributed by atoms with Gasteiger partial charge in [-0.05, 0) is 29.8 Å². The average molecular weight is 359 g/mol. The summed E-state index contributed by atoms with van der Waals surface area (Å²) in [6.07, 6.45) is 1.68. The zero-order valence-corrected chi connectivity index (χ0v) is 14.4. The summed E-state index contributed by atoms with van der Waals surface area (Å²) in [7, 11) is 0. The van der Waals surface area contributed by atoms with Crippen molar-refractivity contribution < 1.29 is 9.59 Å². The van der Waals surface area contributed by atoms with Gasteiger partial charge < -0.3 is 15.1 Å². The number of pyridine rings is 1. The molecule has 0 spiro atoms. The molecule has 0 bridgehead atoms. The third kappa shape index (κ3) is 4.70. The van der Waals surface area contributed by atoms with Gasteiger partial charge in [0.05, 0.1) is 12.2 Å². The molecule has 1 saturated heterocycles. The molecule has 0 radical (unpaired) electrons. The maximum atomic E-state index is 12.4. The fraction of sp³-hybridized carbons (Fsp3) is 0.278. The second kappa shape index (κ2) is 7.98. The summed E-state index contributed by atoms with van der Waals surface area (Å²) < 4.78 is 0. The second-order valence-electron chi connectivity index (χ2n) is 5.85. The van der Waals surface area contributed by atoms with Crippen molar-refractivity contribution >= 4 is 23.5 Å². The Hall–Kier alpha value is -2.60. The maximum Gasteiger partial charge on any atom is 0.320 e. The number of hydrogen-bond acceptors (Lipinski definition) is 3. The van der Waals surface area contributed by atoms with E-state index in [4.69, 9.17) is 11.6 Å². The Morgan fingerprint density at radius 3 is 2.60 bits per heavy atom. The third-order valence-corrected chi connectivity index (χ3v) is 4.25. The molecule has 1 aromatic heterocycles. The molecule has 1 N–H and O–H groups in total. The number of hydrogen-bond donors (Lipinski definition) is 1. The minimum Gasteiger partial charge on any atom is -0.349 e. The fourth-order valence-electron chi connectivity index (χ4n) is 2.66. The van der Waals surface area contributed by atoms with Gasteiger partial charge >= 0.3 is 6.03 Å². The number of carbonyl (C=O) groups excluding carboxylic acids is 2. The number of rotatable bonds is 6. The topological polar surface area (TPSA) is 65.5 Å². The Morgan fingerprint density at radius 1 is 1.12 bits per heavy atom. The minimum absolute atomic E-state index is 0.0583. The highest BCUT2D eigenvalue weighted by Gasteiger charge is 2.29. The number of urea groups is 1. The molecule has 6 nitrogen and oxygen atoms in total. The van der Waals surface area contributed by atoms with Crippen molar-refractivity contribution in [1.29, 1.82) is 0 Å². The molecule has 3 amide bonds. The Labute approximate surface area is 151 Å². The van der Waals surface area contributed by atoms with Crippen LogP contribution in [0.2, 0.25) is 5.02 Å². The van der Waals surface area contributed by atoms with Crippen LogP contribution in [0.5, 0.6) is 0 Å². The van der Waals surface area contributed by atoms with E-state index in [0.29, 0.717) is 31.2 Å². The summed E-state index contributed by atoms with van der Waals surface area (Å²) in [5, 5.41) is 3.46. The lowest BCUT2D eigenvalue weighted by Gasteiger charge is -2.18. The average Bonchev–Trinajstić information content (AvgIpc) is 2.96. The SMILES string of the molecule is O=C(CN1CCN(Cc2ccc(Cl)cc2)C1=O)NCc1ccccn1. The van der Waals surface area contributed by atoms with Crippen molar-refractivity contribution in [3.05, 3.63) is 64.9 Å². The maximum absolute atomic E-state index is 12.4. The predicted octanol–water partition coefficient (Wildman–Crippen LogP) is 2.29. The van der Waals surface area contributed by atoms with Crippen molar-refractivity contribution in [1.82, 2.24) is 20.1 Å². The van der Waals surface area contributed by atoms with Gasteiger partial charge in [0.15, 0.2) is 0 Å². The van der Waals surface area contributed by atoms with E-state index in [0.717, 1.165) is 11.3 Å². The van der Waals surface area contributed by atoms with E-state index in [-0.39, 0.29) is 18.5 Å². The number of benzene rings is 1. The first kappa shape index (κ1) is 17.2. The number of carbonyl (C=O) groups is 2. The van der Waals surface area contributed by atoms with Crippen molar-refractivity contribution in [2.75, 3.05) is 19.6 Å². The monoisotopic (exact) mass is 358 g/mol. The van der Waals surface area contributed by atoms with Gasteiger partial charge in [-0.2, -0.15) is 0 Å². The zero-order valence-electron chi connectivity index (χ0n) is 13.7. The highest BCUT2D eigenvalue weighted by atomic mass is 35.5. The number of amides is 3. The number of aromatic nitrogens is 1. The number of nitrogens with one attached hydrogen (secondary N) is 1. The van der Waals surface area contributed by atoms with Crippen LogP contribution in [-0.2, 0) is 17.9 Å². The van der Waals surface area contributed by atoms with Crippen molar-refractivity contribution in [3.63, 3.8) is 0 Å². The molecule has 7 heteroatoms. The molecule has 1 aliphatic heterocycles. The molecular formula is C18H19ClN4O2. The zero-order chi connectivity index (χ0) is 17.6. The van der Waals surface area contributed by atoms with E-state index in [9.17, 15) is 9.59 Å². The standard InChI is InChI=1S/C18H19ClN4O2/c19-15-6-4-14(5-7-15)12-22-9-10-23(18(22)25)13-17(24)21-11-16-3-1-2-8-20-16/h1-8H,9-13H2,(H,21,24). The summed E-state index contributed by atoms with van der Waals surface area (Å²) >= 11 is 5.87. The van der Waals surface area contributed by atoms with Crippen molar-refractivity contribution in [2.45, 2.75) is 13.1 Å². The van der Waals surface area contributed by atoms with Crippen LogP contribution in [0.4, 0.5) is 4.79 Å². The first-order valence-corrected chi connectivity index (χ1v) is 8.44. The third-order valence-electron chi connectivity index (χ3n) is 3.99. The Morgan fingerprint density at radius 2 is 1.88 bits per heavy atom. The Bertz CT molecular complexity index is 737. The number of halogens is 1. The summed E-state index contributed by atoms with van der Waals surface area (Å²) in [5.74, 6) is -0.188. The Balaban J connectivity index is 1.48. The van der Waals surface area contributed by atoms with Gasteiger partial charge in [0, 0.05) is 30.9 Å². The highest BCUT2D eigenvalue weighted by Crippen LogP contribution is 2.15. The van der Waals surface area contributed by atoms with Crippen LogP contribution in [0, 0.1) is 0 Å². The summed E-state index contributed by atoms with van der Waals surface area (Å²) in [5.41, 5.74) is 1.80. The summed E-state index contributed by atoms with van der Waals surface area (Å²) in [6, 6.07) is 12.8. The molecule has 1 aromatic carbocycles. The number of nitrogens with zero attached hydrogens (tertiary/aromatic N) is 3. The molecule has 2 aromatic rings. The minimum atomic E-state index is -0.188. The molecule has 1 fully saturated rings. The van der Waals surface area contributed by atoms with E-state index in [1.54, 1.807) is 28.1 Å². The van der Waals surface area contributed by atoms with E-state index >= 15 is 0 Å². The van der Waals surface area contributed by atoms with Gasteiger partial charge in [-0.25, -0.2) is 4.79 Å². The quantitative estimate of drug-likeness (QED) is 0.861. The molecule has 0 atom stereocenters. The van der Waals surface area contributed by atoms with Crippen LogP contribution in [0.1, 0.15) is 11.3 Å². The lowest BCUT2D eigenvalue weighted by molar-refractivity contribution is -0.121. The lowest BCUT2D eigenvalue weighted by Crippen LogP contribution is -2.39. The summed E-state index contributed by atoms with van der Waals surface area (Å²) in [4.78, 5) is 31.9. The van der Waals surface area contributed by atoms with Gasteiger partial charge in [0.1, 0.15) is 6.54 Å². The van der Waals surface area contributed by atoms with Crippen molar-refractivity contribution in [3.8, 4) is 0 Å². The molecule has 25 heavy (non-hydrogen) atoms. The molecule has 2 heterocycles. The first-order chi connectivity index (χ1) is 12.1. The summed E-state index contributed by atoms with van der Waals surface area (Å²) in [6.45, 7) is 2.08. The van der Waals surface area contributed by atoms with Crippen molar-refractivity contribution in [2.24, 2.45) is 0 Å². The van der Waals surface area contributed by atoms with Crippen LogP contribution in [0.25, 0.3) is 0 Å². The van der Waals surface area contributed by atoms with Gasteiger partial charge in [-0.3, -0.25) is 9.78 Å². The first-order valence-electron chi connectivity index (χ1n) is 8.07. The van der Waals surface area contributed by atoms with E-state index < -0.39 is 0 Å². The molecule has 130 valence electrons.